The molecule has 144 valence electrons. The molecular formula is C19H18F3NO4. The summed E-state index contributed by atoms with van der Waals surface area (Å²) in [5, 5.41) is 2.03. The standard InChI is InChI=1S/C19H18F3NO4/c1-10-6-11(2)8-13(7-10)26-9-16(24)27-12(3)19(25)23-15-5-4-14(20)17(21)18(15)22/h4-8,12H,9H2,1-3H3,(H,23,25)/t12-/m0/s1. The summed E-state index contributed by atoms with van der Waals surface area (Å²) in [7, 11) is 0. The van der Waals surface area contributed by atoms with Gasteiger partial charge in [-0.3, -0.25) is 4.79 Å². The molecule has 1 N–H and O–H groups in total. The number of hydrogen-bond donors (Lipinski definition) is 1. The molecule has 0 aromatic heterocycles. The Labute approximate surface area is 154 Å². The second-order valence-electron chi connectivity index (χ2n) is 5.96. The van der Waals surface area contributed by atoms with Crippen LogP contribution in [0, 0.1) is 31.3 Å². The monoisotopic (exact) mass is 381 g/mol. The molecule has 0 radical (unpaired) electrons. The van der Waals surface area contributed by atoms with Crippen LogP contribution in [0.1, 0.15) is 18.1 Å². The van der Waals surface area contributed by atoms with E-state index >= 15 is 0 Å². The predicted octanol–water partition coefficient (Wildman–Crippen LogP) is 3.67. The van der Waals surface area contributed by atoms with Crippen LogP contribution in [-0.4, -0.2) is 24.6 Å². The van der Waals surface area contributed by atoms with E-state index in [4.69, 9.17) is 9.47 Å². The molecule has 27 heavy (non-hydrogen) atoms. The molecule has 2 aromatic carbocycles. The first-order valence-electron chi connectivity index (χ1n) is 8.02. The number of esters is 1. The van der Waals surface area contributed by atoms with Crippen LogP contribution in [0.5, 0.6) is 5.75 Å². The number of rotatable bonds is 6. The predicted molar refractivity (Wildman–Crippen MR) is 91.9 cm³/mol. The highest BCUT2D eigenvalue weighted by Crippen LogP contribution is 2.20. The topological polar surface area (TPSA) is 64.6 Å². The van der Waals surface area contributed by atoms with Crippen molar-refractivity contribution in [2.45, 2.75) is 26.9 Å². The maximum Gasteiger partial charge on any atom is 0.344 e. The van der Waals surface area contributed by atoms with Gasteiger partial charge in [0.15, 0.2) is 30.2 Å². The van der Waals surface area contributed by atoms with Crippen molar-refractivity contribution in [2.24, 2.45) is 0 Å². The third kappa shape index (κ3) is 5.47. The molecule has 1 atom stereocenters. The smallest absolute Gasteiger partial charge is 0.344 e. The fraction of sp³-hybridized carbons (Fsp3) is 0.263. The van der Waals surface area contributed by atoms with Crippen molar-refractivity contribution in [1.82, 2.24) is 0 Å². The number of benzene rings is 2. The molecular weight excluding hydrogens is 363 g/mol. The summed E-state index contributed by atoms with van der Waals surface area (Å²) in [5.74, 6) is -5.87. The van der Waals surface area contributed by atoms with Crippen molar-refractivity contribution in [3.05, 3.63) is 58.9 Å². The summed E-state index contributed by atoms with van der Waals surface area (Å²) in [5.41, 5.74) is 1.35. The molecule has 0 bridgehead atoms. The summed E-state index contributed by atoms with van der Waals surface area (Å²) >= 11 is 0. The number of nitrogens with one attached hydrogen (secondary N) is 1. The fourth-order valence-corrected chi connectivity index (χ4v) is 2.30. The quantitative estimate of drug-likeness (QED) is 0.613. The molecule has 8 heteroatoms. The maximum atomic E-state index is 13.6. The van der Waals surface area contributed by atoms with Crippen molar-refractivity contribution < 1.29 is 32.2 Å². The van der Waals surface area contributed by atoms with E-state index in [-0.39, 0.29) is 0 Å². The lowest BCUT2D eigenvalue weighted by molar-refractivity contribution is -0.155. The Morgan fingerprint density at radius 1 is 1.04 bits per heavy atom. The Morgan fingerprint density at radius 3 is 2.30 bits per heavy atom. The van der Waals surface area contributed by atoms with Gasteiger partial charge in [-0.25, -0.2) is 18.0 Å². The van der Waals surface area contributed by atoms with Crippen molar-refractivity contribution in [3.63, 3.8) is 0 Å². The number of aryl methyl sites for hydroxylation is 2. The van der Waals surface area contributed by atoms with E-state index in [2.05, 4.69) is 0 Å². The highest BCUT2D eigenvalue weighted by atomic mass is 19.2. The fourth-order valence-electron chi connectivity index (χ4n) is 2.30. The second-order valence-corrected chi connectivity index (χ2v) is 5.96. The summed E-state index contributed by atoms with van der Waals surface area (Å²) in [6.07, 6.45) is -1.30. The van der Waals surface area contributed by atoms with Gasteiger partial charge in [-0.15, -0.1) is 0 Å². The van der Waals surface area contributed by atoms with Crippen LogP contribution in [0.3, 0.4) is 0 Å². The summed E-state index contributed by atoms with van der Waals surface area (Å²) in [6, 6.07) is 6.95. The van der Waals surface area contributed by atoms with Gasteiger partial charge in [0.2, 0.25) is 0 Å². The maximum absolute atomic E-state index is 13.6. The zero-order valence-electron chi connectivity index (χ0n) is 14.9. The second kappa shape index (κ2) is 8.57. The molecule has 0 fully saturated rings. The average Bonchev–Trinajstić information content (AvgIpc) is 2.59. The van der Waals surface area contributed by atoms with Gasteiger partial charge in [0.1, 0.15) is 5.75 Å². The Kier molecular flexibility index (Phi) is 6.44. The molecule has 0 aliphatic carbocycles. The van der Waals surface area contributed by atoms with E-state index in [0.717, 1.165) is 17.2 Å². The highest BCUT2D eigenvalue weighted by molar-refractivity contribution is 5.95. The lowest BCUT2D eigenvalue weighted by Crippen LogP contribution is -2.32. The number of amides is 1. The summed E-state index contributed by atoms with van der Waals surface area (Å²) in [6.45, 7) is 4.58. The number of carbonyl (C=O) groups excluding carboxylic acids is 2. The summed E-state index contributed by atoms with van der Waals surface area (Å²) in [4.78, 5) is 23.8. The number of halogens is 3. The van der Waals surface area contributed by atoms with Gasteiger partial charge >= 0.3 is 5.97 Å². The van der Waals surface area contributed by atoms with Crippen molar-refractivity contribution in [3.8, 4) is 5.75 Å². The van der Waals surface area contributed by atoms with Gasteiger partial charge in [0.25, 0.3) is 5.91 Å². The molecule has 5 nitrogen and oxygen atoms in total. The largest absolute Gasteiger partial charge is 0.482 e. The van der Waals surface area contributed by atoms with Gasteiger partial charge in [-0.2, -0.15) is 0 Å². The third-order valence-corrected chi connectivity index (χ3v) is 3.52. The Morgan fingerprint density at radius 2 is 1.67 bits per heavy atom. The molecule has 0 aliphatic rings. The van der Waals surface area contributed by atoms with Crippen molar-refractivity contribution in [2.75, 3.05) is 11.9 Å². The zero-order valence-corrected chi connectivity index (χ0v) is 14.9. The number of carbonyl (C=O) groups is 2. The average molecular weight is 381 g/mol. The molecule has 0 spiro atoms. The van der Waals surface area contributed by atoms with Gasteiger partial charge in [-0.1, -0.05) is 6.07 Å². The first kappa shape index (κ1) is 20.3. The minimum Gasteiger partial charge on any atom is -0.482 e. The van der Waals surface area contributed by atoms with Gasteiger partial charge < -0.3 is 14.8 Å². The van der Waals surface area contributed by atoms with Crippen LogP contribution in [0.25, 0.3) is 0 Å². The highest BCUT2D eigenvalue weighted by Gasteiger charge is 2.21. The van der Waals surface area contributed by atoms with E-state index in [0.29, 0.717) is 11.8 Å². The first-order valence-corrected chi connectivity index (χ1v) is 8.02. The summed E-state index contributed by atoms with van der Waals surface area (Å²) < 4.78 is 49.8. The zero-order chi connectivity index (χ0) is 20.1. The van der Waals surface area contributed by atoms with Crippen LogP contribution in [0.15, 0.2) is 30.3 Å². The van der Waals surface area contributed by atoms with Crippen LogP contribution >= 0.6 is 0 Å². The Balaban J connectivity index is 1.90. The molecule has 0 saturated carbocycles. The third-order valence-electron chi connectivity index (χ3n) is 3.52. The molecule has 2 aromatic rings. The molecule has 0 saturated heterocycles. The molecule has 0 heterocycles. The minimum atomic E-state index is -1.71. The Hall–Kier alpha value is -3.03. The lowest BCUT2D eigenvalue weighted by Gasteiger charge is -2.14. The number of hydrogen-bond acceptors (Lipinski definition) is 4. The molecule has 0 aliphatic heterocycles. The van der Waals surface area contributed by atoms with E-state index in [1.807, 2.05) is 25.2 Å². The minimum absolute atomic E-state index is 0.431. The van der Waals surface area contributed by atoms with E-state index in [1.165, 1.54) is 6.92 Å². The van der Waals surface area contributed by atoms with Gasteiger partial charge in [0, 0.05) is 0 Å². The van der Waals surface area contributed by atoms with E-state index in [9.17, 15) is 22.8 Å². The van der Waals surface area contributed by atoms with Crippen LogP contribution < -0.4 is 10.1 Å². The van der Waals surface area contributed by atoms with Crippen molar-refractivity contribution in [1.29, 1.82) is 0 Å². The lowest BCUT2D eigenvalue weighted by atomic mass is 10.1. The van der Waals surface area contributed by atoms with Crippen molar-refractivity contribution >= 4 is 17.6 Å². The number of ether oxygens (including phenoxy) is 2. The molecule has 1 amide bonds. The van der Waals surface area contributed by atoms with Crippen LogP contribution in [-0.2, 0) is 14.3 Å². The molecule has 0 unspecified atom stereocenters. The SMILES string of the molecule is Cc1cc(C)cc(OCC(=O)O[C@@H](C)C(=O)Nc2ccc(F)c(F)c2F)c1. The number of anilines is 1. The van der Waals surface area contributed by atoms with E-state index in [1.54, 1.807) is 12.1 Å². The van der Waals surface area contributed by atoms with Crippen LogP contribution in [0.4, 0.5) is 18.9 Å². The molecule has 2 rings (SSSR count). The Bertz CT molecular complexity index is 850. The van der Waals surface area contributed by atoms with E-state index < -0.39 is 47.7 Å². The van der Waals surface area contributed by atoms with Crippen LogP contribution in [0.2, 0.25) is 0 Å². The van der Waals surface area contributed by atoms with Gasteiger partial charge in [-0.05, 0) is 56.2 Å². The first-order chi connectivity index (χ1) is 12.7. The van der Waals surface area contributed by atoms with Gasteiger partial charge in [0.05, 0.1) is 5.69 Å². The normalized spacial score (nSPS) is 11.6.